The number of unbranched alkanes of at least 4 members (excludes halogenated alkanes) is 2. The summed E-state index contributed by atoms with van der Waals surface area (Å²) < 4.78 is 0. The number of hydrogen-bond donors (Lipinski definition) is 1. The van der Waals surface area contributed by atoms with Crippen molar-refractivity contribution in [2.45, 2.75) is 59.0 Å². The van der Waals surface area contributed by atoms with Crippen LogP contribution in [0.25, 0.3) is 0 Å². The summed E-state index contributed by atoms with van der Waals surface area (Å²) in [7, 11) is 0. The van der Waals surface area contributed by atoms with Gasteiger partial charge in [-0.15, -0.1) is 0 Å². The fraction of sp³-hybridized carbons (Fsp3) is 0.588. The molecule has 1 aromatic rings. The molecule has 0 unspecified atom stereocenters. The summed E-state index contributed by atoms with van der Waals surface area (Å²) in [6.45, 7) is 7.69. The van der Waals surface area contributed by atoms with E-state index in [2.05, 4.69) is 20.8 Å². The third-order valence-electron chi connectivity index (χ3n) is 3.63. The second kappa shape index (κ2) is 8.75. The van der Waals surface area contributed by atoms with Crippen LogP contribution in [-0.4, -0.2) is 23.4 Å². The van der Waals surface area contributed by atoms with Crippen LogP contribution < -0.4 is 5.73 Å². The standard InChI is InChI=1S/C17H28N2O/c1-4-5-8-11-19(14(2)3)17(20)12-15-9-6-7-10-16(15)13-18/h6-7,9-10,14H,4-5,8,11-13,18H2,1-3H3. The average molecular weight is 276 g/mol. The van der Waals surface area contributed by atoms with Gasteiger partial charge in [-0.05, 0) is 31.4 Å². The molecule has 1 aromatic carbocycles. The fourth-order valence-corrected chi connectivity index (χ4v) is 2.40. The third-order valence-corrected chi connectivity index (χ3v) is 3.63. The zero-order valence-corrected chi connectivity index (χ0v) is 13.1. The Kier molecular flexibility index (Phi) is 7.31. The molecule has 0 aliphatic carbocycles. The van der Waals surface area contributed by atoms with E-state index in [4.69, 9.17) is 5.73 Å². The lowest BCUT2D eigenvalue weighted by Gasteiger charge is -2.27. The van der Waals surface area contributed by atoms with Crippen molar-refractivity contribution in [3.63, 3.8) is 0 Å². The van der Waals surface area contributed by atoms with Crippen LogP contribution in [0.1, 0.15) is 51.2 Å². The Bertz CT molecular complexity index is 415. The molecule has 3 heteroatoms. The first-order valence-electron chi connectivity index (χ1n) is 7.66. The maximum absolute atomic E-state index is 12.5. The fourth-order valence-electron chi connectivity index (χ4n) is 2.40. The third kappa shape index (κ3) is 4.97. The lowest BCUT2D eigenvalue weighted by Crippen LogP contribution is -2.38. The molecule has 2 N–H and O–H groups in total. The van der Waals surface area contributed by atoms with E-state index in [-0.39, 0.29) is 11.9 Å². The summed E-state index contributed by atoms with van der Waals surface area (Å²) in [6.07, 6.45) is 3.89. The van der Waals surface area contributed by atoms with E-state index in [1.54, 1.807) is 0 Å². The number of nitrogens with two attached hydrogens (primary N) is 1. The molecule has 0 bridgehead atoms. The van der Waals surface area contributed by atoms with E-state index in [0.717, 1.165) is 24.1 Å². The highest BCUT2D eigenvalue weighted by Crippen LogP contribution is 2.12. The van der Waals surface area contributed by atoms with Gasteiger partial charge in [-0.2, -0.15) is 0 Å². The number of carbonyl (C=O) groups is 1. The van der Waals surface area contributed by atoms with Gasteiger partial charge in [0.15, 0.2) is 0 Å². The lowest BCUT2D eigenvalue weighted by molar-refractivity contribution is -0.132. The Balaban J connectivity index is 2.70. The quantitative estimate of drug-likeness (QED) is 0.742. The first-order valence-corrected chi connectivity index (χ1v) is 7.66. The van der Waals surface area contributed by atoms with Gasteiger partial charge in [-0.3, -0.25) is 4.79 Å². The molecule has 112 valence electrons. The SMILES string of the molecule is CCCCCN(C(=O)Cc1ccccc1CN)C(C)C. The van der Waals surface area contributed by atoms with Crippen molar-refractivity contribution in [3.8, 4) is 0 Å². The van der Waals surface area contributed by atoms with E-state index < -0.39 is 0 Å². The highest BCUT2D eigenvalue weighted by atomic mass is 16.2. The smallest absolute Gasteiger partial charge is 0.227 e. The molecule has 0 aliphatic rings. The van der Waals surface area contributed by atoms with Gasteiger partial charge >= 0.3 is 0 Å². The first kappa shape index (κ1) is 16.7. The monoisotopic (exact) mass is 276 g/mol. The molecule has 3 nitrogen and oxygen atoms in total. The number of benzene rings is 1. The minimum atomic E-state index is 0.206. The Morgan fingerprint density at radius 2 is 1.85 bits per heavy atom. The zero-order chi connectivity index (χ0) is 15.0. The van der Waals surface area contributed by atoms with Crippen molar-refractivity contribution in [1.29, 1.82) is 0 Å². The molecule has 0 atom stereocenters. The maximum atomic E-state index is 12.5. The van der Waals surface area contributed by atoms with Gasteiger partial charge in [0.1, 0.15) is 0 Å². The van der Waals surface area contributed by atoms with Crippen LogP contribution in [0.4, 0.5) is 0 Å². The zero-order valence-electron chi connectivity index (χ0n) is 13.1. The first-order chi connectivity index (χ1) is 9.60. The van der Waals surface area contributed by atoms with Crippen molar-refractivity contribution < 1.29 is 4.79 Å². The summed E-state index contributed by atoms with van der Waals surface area (Å²) in [5, 5.41) is 0. The number of nitrogens with zero attached hydrogens (tertiary/aromatic N) is 1. The van der Waals surface area contributed by atoms with E-state index >= 15 is 0 Å². The average Bonchev–Trinajstić information content (AvgIpc) is 2.43. The Morgan fingerprint density at radius 3 is 2.40 bits per heavy atom. The van der Waals surface area contributed by atoms with Crippen LogP contribution in [-0.2, 0) is 17.8 Å². The predicted molar refractivity (Wildman–Crippen MR) is 84.4 cm³/mol. The molecule has 0 saturated heterocycles. The minimum Gasteiger partial charge on any atom is -0.340 e. The van der Waals surface area contributed by atoms with Crippen molar-refractivity contribution in [3.05, 3.63) is 35.4 Å². The van der Waals surface area contributed by atoms with Gasteiger partial charge in [-0.25, -0.2) is 0 Å². The summed E-state index contributed by atoms with van der Waals surface area (Å²) in [5.41, 5.74) is 7.86. The van der Waals surface area contributed by atoms with Gasteiger partial charge in [0.25, 0.3) is 0 Å². The van der Waals surface area contributed by atoms with E-state index in [1.165, 1.54) is 12.8 Å². The Labute approximate surface area is 123 Å². The lowest BCUT2D eigenvalue weighted by atomic mass is 10.0. The second-order valence-electron chi connectivity index (χ2n) is 5.54. The maximum Gasteiger partial charge on any atom is 0.227 e. The molecule has 20 heavy (non-hydrogen) atoms. The van der Waals surface area contributed by atoms with E-state index in [1.807, 2.05) is 29.2 Å². The van der Waals surface area contributed by atoms with E-state index in [9.17, 15) is 4.79 Å². The molecule has 0 heterocycles. The highest BCUT2D eigenvalue weighted by Gasteiger charge is 2.17. The molecule has 0 fully saturated rings. The summed E-state index contributed by atoms with van der Waals surface area (Å²) in [5.74, 6) is 0.206. The van der Waals surface area contributed by atoms with E-state index in [0.29, 0.717) is 13.0 Å². The number of hydrogen-bond acceptors (Lipinski definition) is 2. The minimum absolute atomic E-state index is 0.206. The van der Waals surface area contributed by atoms with Crippen LogP contribution in [0.5, 0.6) is 0 Å². The Hall–Kier alpha value is -1.35. The molecule has 1 amide bonds. The summed E-state index contributed by atoms with van der Waals surface area (Å²) >= 11 is 0. The molecule has 0 radical (unpaired) electrons. The molecular formula is C17H28N2O. The van der Waals surface area contributed by atoms with Gasteiger partial charge in [0.05, 0.1) is 6.42 Å². The summed E-state index contributed by atoms with van der Waals surface area (Å²) in [6, 6.07) is 8.20. The van der Waals surface area contributed by atoms with Crippen molar-refractivity contribution in [2.75, 3.05) is 6.54 Å². The van der Waals surface area contributed by atoms with Gasteiger partial charge in [-0.1, -0.05) is 44.0 Å². The topological polar surface area (TPSA) is 46.3 Å². The molecule has 1 rings (SSSR count). The highest BCUT2D eigenvalue weighted by molar-refractivity contribution is 5.79. The molecule has 0 spiro atoms. The predicted octanol–water partition coefficient (Wildman–Crippen LogP) is 3.12. The number of amides is 1. The van der Waals surface area contributed by atoms with Crippen LogP contribution in [0.2, 0.25) is 0 Å². The largest absolute Gasteiger partial charge is 0.340 e. The number of rotatable bonds is 8. The van der Waals surface area contributed by atoms with Crippen molar-refractivity contribution >= 4 is 5.91 Å². The van der Waals surface area contributed by atoms with Gasteiger partial charge < -0.3 is 10.6 Å². The number of carbonyl (C=O) groups excluding carboxylic acids is 1. The van der Waals surface area contributed by atoms with Crippen molar-refractivity contribution in [2.24, 2.45) is 5.73 Å². The summed E-state index contributed by atoms with van der Waals surface area (Å²) in [4.78, 5) is 14.5. The normalized spacial score (nSPS) is 10.8. The molecule has 0 saturated carbocycles. The van der Waals surface area contributed by atoms with Gasteiger partial charge in [0, 0.05) is 19.1 Å². The second-order valence-corrected chi connectivity index (χ2v) is 5.54. The van der Waals surface area contributed by atoms with Crippen molar-refractivity contribution in [1.82, 2.24) is 4.90 Å². The van der Waals surface area contributed by atoms with Gasteiger partial charge in [0.2, 0.25) is 5.91 Å². The molecule has 0 aliphatic heterocycles. The van der Waals surface area contributed by atoms with Crippen LogP contribution in [0.15, 0.2) is 24.3 Å². The Morgan fingerprint density at radius 1 is 1.20 bits per heavy atom. The molecular weight excluding hydrogens is 248 g/mol. The molecule has 0 aromatic heterocycles. The van der Waals surface area contributed by atoms with Crippen LogP contribution >= 0.6 is 0 Å². The van der Waals surface area contributed by atoms with Crippen LogP contribution in [0, 0.1) is 0 Å². The van der Waals surface area contributed by atoms with Crippen LogP contribution in [0.3, 0.4) is 0 Å².